The van der Waals surface area contributed by atoms with Gasteiger partial charge in [0.15, 0.2) is 6.10 Å². The smallest absolute Gasteiger partial charge is 0.353 e. The summed E-state index contributed by atoms with van der Waals surface area (Å²) < 4.78 is 10.0. The number of hydrogen-bond donors (Lipinski definition) is 1. The summed E-state index contributed by atoms with van der Waals surface area (Å²) in [4.78, 5) is 54.3. The van der Waals surface area contributed by atoms with Crippen molar-refractivity contribution in [1.82, 2.24) is 15.2 Å². The van der Waals surface area contributed by atoms with E-state index in [9.17, 15) is 19.2 Å². The molecule has 1 fully saturated rings. The van der Waals surface area contributed by atoms with Crippen LogP contribution in [-0.2, 0) is 23.9 Å². The molecule has 0 spiro atoms. The molecule has 0 aromatic carbocycles. The first-order valence-electron chi connectivity index (χ1n) is 10.5. The third-order valence-corrected chi connectivity index (χ3v) is 6.25. The van der Waals surface area contributed by atoms with Gasteiger partial charge in [-0.25, -0.2) is 9.78 Å². The normalized spacial score (nSPS) is 14.9. The molecule has 1 N–H and O–H groups in total. The zero-order valence-electron chi connectivity index (χ0n) is 19.2. The number of aromatic nitrogens is 1. The Hall–Kier alpha value is -2.75. The van der Waals surface area contributed by atoms with Gasteiger partial charge in [0.05, 0.1) is 7.11 Å². The summed E-state index contributed by atoms with van der Waals surface area (Å²) in [6.45, 7) is 8.78. The highest BCUT2D eigenvalue weighted by molar-refractivity contribution is 7.09. The van der Waals surface area contributed by atoms with Crippen LogP contribution in [0.3, 0.4) is 0 Å². The number of rotatable bonds is 11. The fourth-order valence-electron chi connectivity index (χ4n) is 3.31. The number of esters is 2. The fourth-order valence-corrected chi connectivity index (χ4v) is 4.15. The average molecular weight is 466 g/mol. The maximum absolute atomic E-state index is 12.7. The SMILES string of the molecule is C=C(NC(=O)c1csc([C@@H](CC(C(C)C)N(C)C(=O)CC2CC2)OC(C)=O)n1)C(=O)OC. The van der Waals surface area contributed by atoms with Gasteiger partial charge in [-0.3, -0.25) is 14.4 Å². The molecule has 1 aliphatic carbocycles. The molecule has 1 unspecified atom stereocenters. The average Bonchev–Trinajstić information content (AvgIpc) is 3.40. The first-order valence-corrected chi connectivity index (χ1v) is 11.4. The molecule has 0 bridgehead atoms. The third-order valence-electron chi connectivity index (χ3n) is 5.31. The number of amides is 2. The Morgan fingerprint density at radius 3 is 2.50 bits per heavy atom. The first-order chi connectivity index (χ1) is 15.0. The van der Waals surface area contributed by atoms with E-state index < -0.39 is 23.9 Å². The van der Waals surface area contributed by atoms with Crippen LogP contribution >= 0.6 is 11.3 Å². The van der Waals surface area contributed by atoms with Crippen molar-refractivity contribution in [1.29, 1.82) is 0 Å². The Morgan fingerprint density at radius 1 is 1.31 bits per heavy atom. The first kappa shape index (κ1) is 25.5. The van der Waals surface area contributed by atoms with Gasteiger partial charge < -0.3 is 19.7 Å². The van der Waals surface area contributed by atoms with Crippen molar-refractivity contribution in [3.8, 4) is 0 Å². The van der Waals surface area contributed by atoms with Gasteiger partial charge in [-0.05, 0) is 24.7 Å². The van der Waals surface area contributed by atoms with E-state index in [-0.39, 0.29) is 29.3 Å². The second-order valence-electron chi connectivity index (χ2n) is 8.29. The predicted octanol–water partition coefficient (Wildman–Crippen LogP) is 2.84. The molecule has 1 aliphatic rings. The minimum atomic E-state index is -0.759. The molecule has 9 nitrogen and oxygen atoms in total. The molecule has 2 rings (SSSR count). The molecule has 1 aromatic rings. The van der Waals surface area contributed by atoms with Crippen molar-refractivity contribution < 1.29 is 28.7 Å². The summed E-state index contributed by atoms with van der Waals surface area (Å²) in [5.41, 5.74) is -0.147. The molecule has 1 heterocycles. The number of nitrogens with zero attached hydrogens (tertiary/aromatic N) is 2. The molecule has 2 amide bonds. The zero-order chi connectivity index (χ0) is 24.0. The van der Waals surface area contributed by atoms with Crippen LogP contribution in [-0.4, -0.2) is 53.8 Å². The quantitative estimate of drug-likeness (QED) is 0.395. The fraction of sp³-hybridized carbons (Fsp3) is 0.591. The number of carbonyl (C=O) groups is 4. The largest absolute Gasteiger partial charge is 0.464 e. The zero-order valence-corrected chi connectivity index (χ0v) is 20.0. The molecular formula is C22H31N3O6S. The van der Waals surface area contributed by atoms with Crippen LogP contribution in [0.15, 0.2) is 17.7 Å². The molecule has 2 atom stereocenters. The minimum Gasteiger partial charge on any atom is -0.464 e. The Bertz CT molecular complexity index is 877. The van der Waals surface area contributed by atoms with E-state index in [0.29, 0.717) is 23.8 Å². The van der Waals surface area contributed by atoms with E-state index in [1.54, 1.807) is 11.9 Å². The lowest BCUT2D eigenvalue weighted by Gasteiger charge is -2.33. The van der Waals surface area contributed by atoms with E-state index >= 15 is 0 Å². The second-order valence-corrected chi connectivity index (χ2v) is 9.18. The van der Waals surface area contributed by atoms with Crippen LogP contribution in [0, 0.1) is 11.8 Å². The molecule has 176 valence electrons. The van der Waals surface area contributed by atoms with Gasteiger partial charge in [0.1, 0.15) is 16.4 Å². The number of thiazole rings is 1. The summed E-state index contributed by atoms with van der Waals surface area (Å²) in [6, 6.07) is -0.175. The Balaban J connectivity index is 2.16. The lowest BCUT2D eigenvalue weighted by molar-refractivity contribution is -0.148. The van der Waals surface area contributed by atoms with Crippen molar-refractivity contribution >= 4 is 35.1 Å². The van der Waals surface area contributed by atoms with Crippen molar-refractivity contribution in [3.63, 3.8) is 0 Å². The van der Waals surface area contributed by atoms with Crippen LogP contribution in [0.2, 0.25) is 0 Å². The summed E-state index contributed by atoms with van der Waals surface area (Å²) in [5.74, 6) is -1.20. The number of methoxy groups -OCH3 is 1. The van der Waals surface area contributed by atoms with Gasteiger partial charge in [-0.15, -0.1) is 11.3 Å². The van der Waals surface area contributed by atoms with Crippen LogP contribution in [0.25, 0.3) is 0 Å². The summed E-state index contributed by atoms with van der Waals surface area (Å²) in [7, 11) is 2.96. The molecule has 1 aromatic heterocycles. The van der Waals surface area contributed by atoms with Crippen molar-refractivity contribution in [2.45, 2.75) is 58.6 Å². The van der Waals surface area contributed by atoms with Gasteiger partial charge in [-0.2, -0.15) is 0 Å². The summed E-state index contributed by atoms with van der Waals surface area (Å²) in [6.07, 6.45) is 2.35. The highest BCUT2D eigenvalue weighted by Gasteiger charge is 2.33. The number of carbonyl (C=O) groups excluding carboxylic acids is 4. The van der Waals surface area contributed by atoms with Crippen LogP contribution in [0.4, 0.5) is 0 Å². The van der Waals surface area contributed by atoms with Gasteiger partial charge in [0, 0.05) is 38.2 Å². The standard InChI is InChI=1S/C22H31N3O6S/c1-12(2)17(25(5)19(27)9-15-7-8-15)10-18(31-14(4)26)21-24-16(11-32-21)20(28)23-13(3)22(29)30-6/h11-12,15,17-18H,3,7-10H2,1-2,4-6H3,(H,23,28)/t17?,18-/m1/s1. The van der Waals surface area contributed by atoms with E-state index in [1.807, 2.05) is 13.8 Å². The molecule has 0 aliphatic heterocycles. The van der Waals surface area contributed by atoms with Gasteiger partial charge in [0.2, 0.25) is 5.91 Å². The summed E-state index contributed by atoms with van der Waals surface area (Å²) >= 11 is 1.17. The highest BCUT2D eigenvalue weighted by Crippen LogP contribution is 2.34. The maximum atomic E-state index is 12.7. The molecule has 1 saturated carbocycles. The monoisotopic (exact) mass is 465 g/mol. The van der Waals surface area contributed by atoms with Crippen molar-refractivity contribution in [2.24, 2.45) is 11.8 Å². The minimum absolute atomic E-state index is 0.0615. The van der Waals surface area contributed by atoms with Gasteiger partial charge >= 0.3 is 11.9 Å². The Kier molecular flexibility index (Phi) is 8.94. The van der Waals surface area contributed by atoms with E-state index in [4.69, 9.17) is 4.74 Å². The number of hydrogen-bond acceptors (Lipinski definition) is 8. The predicted molar refractivity (Wildman–Crippen MR) is 119 cm³/mol. The summed E-state index contributed by atoms with van der Waals surface area (Å²) in [5, 5.41) is 4.28. The van der Waals surface area contributed by atoms with E-state index in [1.165, 1.54) is 30.8 Å². The maximum Gasteiger partial charge on any atom is 0.353 e. The Morgan fingerprint density at radius 2 is 1.97 bits per heavy atom. The molecule has 10 heteroatoms. The molecule has 32 heavy (non-hydrogen) atoms. The van der Waals surface area contributed by atoms with Crippen molar-refractivity contribution in [3.05, 3.63) is 28.4 Å². The van der Waals surface area contributed by atoms with Crippen molar-refractivity contribution in [2.75, 3.05) is 14.2 Å². The lowest BCUT2D eigenvalue weighted by Crippen LogP contribution is -2.41. The molecule has 0 radical (unpaired) electrons. The van der Waals surface area contributed by atoms with Crippen LogP contribution in [0.5, 0.6) is 0 Å². The van der Waals surface area contributed by atoms with Gasteiger partial charge in [0.25, 0.3) is 5.91 Å². The van der Waals surface area contributed by atoms with Crippen LogP contribution < -0.4 is 5.32 Å². The lowest BCUT2D eigenvalue weighted by atomic mass is 9.96. The molecular weight excluding hydrogens is 434 g/mol. The van der Waals surface area contributed by atoms with E-state index in [2.05, 4.69) is 21.6 Å². The van der Waals surface area contributed by atoms with E-state index in [0.717, 1.165) is 12.8 Å². The number of nitrogens with one attached hydrogen (secondary N) is 1. The number of ether oxygens (including phenoxy) is 2. The van der Waals surface area contributed by atoms with Crippen LogP contribution in [0.1, 0.15) is 68.1 Å². The molecule has 0 saturated heterocycles. The topological polar surface area (TPSA) is 115 Å². The highest BCUT2D eigenvalue weighted by atomic mass is 32.1. The van der Waals surface area contributed by atoms with Gasteiger partial charge in [-0.1, -0.05) is 20.4 Å². The third kappa shape index (κ3) is 7.15. The Labute approximate surface area is 192 Å². The second kappa shape index (κ2) is 11.2.